The van der Waals surface area contributed by atoms with Gasteiger partial charge in [0.25, 0.3) is 0 Å². The lowest BCUT2D eigenvalue weighted by Gasteiger charge is -2.18. The average molecular weight is 392 g/mol. The summed E-state index contributed by atoms with van der Waals surface area (Å²) < 4.78 is 38.3. The molecular formula is C19H24N2O5S. The molecule has 0 aliphatic heterocycles. The van der Waals surface area contributed by atoms with Gasteiger partial charge < -0.3 is 14.5 Å². The lowest BCUT2D eigenvalue weighted by molar-refractivity contribution is -0.114. The predicted molar refractivity (Wildman–Crippen MR) is 101 cm³/mol. The number of sulfonamides is 1. The van der Waals surface area contributed by atoms with Crippen LogP contribution in [-0.4, -0.2) is 32.8 Å². The van der Waals surface area contributed by atoms with Gasteiger partial charge in [0, 0.05) is 25.6 Å². The SMILES string of the molecule is COc1ccc(NC(C)=O)cc1S(=O)(=O)N(C)Cc1ccc([C@H]2C[C@@H]2C)o1. The molecule has 1 aromatic carbocycles. The van der Waals surface area contributed by atoms with Crippen molar-refractivity contribution < 1.29 is 22.4 Å². The number of furan rings is 1. The van der Waals surface area contributed by atoms with Crippen molar-refractivity contribution in [3.8, 4) is 5.75 Å². The van der Waals surface area contributed by atoms with Crippen LogP contribution in [0, 0.1) is 5.92 Å². The molecule has 0 bridgehead atoms. The fraction of sp³-hybridized carbons (Fsp3) is 0.421. The highest BCUT2D eigenvalue weighted by Crippen LogP contribution is 2.47. The molecule has 1 aliphatic carbocycles. The average Bonchev–Trinajstić information content (AvgIpc) is 3.15. The van der Waals surface area contributed by atoms with Gasteiger partial charge in [-0.05, 0) is 42.7 Å². The lowest BCUT2D eigenvalue weighted by Crippen LogP contribution is -2.27. The smallest absolute Gasteiger partial charge is 0.246 e. The molecule has 1 N–H and O–H groups in total. The van der Waals surface area contributed by atoms with E-state index in [2.05, 4.69) is 12.2 Å². The number of rotatable bonds is 7. The first-order valence-electron chi connectivity index (χ1n) is 8.73. The molecule has 1 aromatic heterocycles. The van der Waals surface area contributed by atoms with Crippen molar-refractivity contribution in [2.75, 3.05) is 19.5 Å². The van der Waals surface area contributed by atoms with Gasteiger partial charge in [-0.3, -0.25) is 4.79 Å². The largest absolute Gasteiger partial charge is 0.495 e. The number of hydrogen-bond donors (Lipinski definition) is 1. The third kappa shape index (κ3) is 4.17. The van der Waals surface area contributed by atoms with E-state index in [1.54, 1.807) is 6.07 Å². The van der Waals surface area contributed by atoms with Crippen LogP contribution in [0.1, 0.15) is 37.7 Å². The van der Waals surface area contributed by atoms with E-state index in [0.717, 1.165) is 12.2 Å². The van der Waals surface area contributed by atoms with Gasteiger partial charge in [0.2, 0.25) is 15.9 Å². The molecule has 0 saturated heterocycles. The highest BCUT2D eigenvalue weighted by Gasteiger charge is 2.36. The maximum atomic E-state index is 13.1. The predicted octanol–water partition coefficient (Wildman–Crippen LogP) is 3.19. The Kier molecular flexibility index (Phi) is 5.30. The Bertz CT molecular complexity index is 951. The molecule has 0 unspecified atom stereocenters. The van der Waals surface area contributed by atoms with Crippen LogP contribution < -0.4 is 10.1 Å². The number of hydrogen-bond acceptors (Lipinski definition) is 5. The highest BCUT2D eigenvalue weighted by molar-refractivity contribution is 7.89. The minimum Gasteiger partial charge on any atom is -0.495 e. The second-order valence-corrected chi connectivity index (χ2v) is 8.94. The first-order valence-corrected chi connectivity index (χ1v) is 10.2. The second kappa shape index (κ2) is 7.36. The van der Waals surface area contributed by atoms with Crippen LogP contribution in [0.15, 0.2) is 39.6 Å². The van der Waals surface area contributed by atoms with Crippen molar-refractivity contribution in [3.05, 3.63) is 41.9 Å². The van der Waals surface area contributed by atoms with Crippen molar-refractivity contribution in [1.29, 1.82) is 0 Å². The van der Waals surface area contributed by atoms with E-state index in [1.165, 1.54) is 37.5 Å². The van der Waals surface area contributed by atoms with Crippen LogP contribution in [0.5, 0.6) is 5.75 Å². The van der Waals surface area contributed by atoms with Crippen LogP contribution in [0.4, 0.5) is 5.69 Å². The molecule has 1 amide bonds. The second-order valence-electron chi connectivity index (χ2n) is 6.93. The Morgan fingerprint density at radius 2 is 2.04 bits per heavy atom. The van der Waals surface area contributed by atoms with Crippen molar-refractivity contribution in [1.82, 2.24) is 4.31 Å². The fourth-order valence-electron chi connectivity index (χ4n) is 3.03. The number of carbonyl (C=O) groups excluding carboxylic acids is 1. The van der Waals surface area contributed by atoms with Gasteiger partial charge in [-0.1, -0.05) is 6.92 Å². The number of amides is 1. The topological polar surface area (TPSA) is 88.8 Å². The molecule has 1 aliphatic rings. The molecule has 0 spiro atoms. The third-order valence-electron chi connectivity index (χ3n) is 4.71. The summed E-state index contributed by atoms with van der Waals surface area (Å²) in [7, 11) is -0.955. The van der Waals surface area contributed by atoms with Crippen molar-refractivity contribution in [2.24, 2.45) is 5.92 Å². The van der Waals surface area contributed by atoms with Gasteiger partial charge in [0.15, 0.2) is 0 Å². The lowest BCUT2D eigenvalue weighted by atomic mass is 10.3. The first-order chi connectivity index (χ1) is 12.7. The van der Waals surface area contributed by atoms with Gasteiger partial charge >= 0.3 is 0 Å². The maximum Gasteiger partial charge on any atom is 0.246 e. The molecule has 8 heteroatoms. The van der Waals surface area contributed by atoms with Gasteiger partial charge in [-0.25, -0.2) is 8.42 Å². The summed E-state index contributed by atoms with van der Waals surface area (Å²) in [5, 5.41) is 2.59. The number of nitrogens with zero attached hydrogens (tertiary/aromatic N) is 1. The van der Waals surface area contributed by atoms with E-state index in [1.807, 2.05) is 12.1 Å². The maximum absolute atomic E-state index is 13.1. The molecule has 2 atom stereocenters. The van der Waals surface area contributed by atoms with Crippen molar-refractivity contribution in [3.63, 3.8) is 0 Å². The standard InChI is InChI=1S/C19H24N2O5S/c1-12-9-16(12)17-8-6-15(26-17)11-21(3)27(23,24)19-10-14(20-13(2)22)5-7-18(19)25-4/h5-8,10,12,16H,9,11H2,1-4H3,(H,20,22)/t12-,16-/m0/s1. The Morgan fingerprint density at radius 3 is 2.63 bits per heavy atom. The molecule has 1 fully saturated rings. The summed E-state index contributed by atoms with van der Waals surface area (Å²) in [6, 6.07) is 8.24. The molecule has 2 aromatic rings. The summed E-state index contributed by atoms with van der Waals surface area (Å²) in [6.07, 6.45) is 1.11. The number of benzene rings is 1. The fourth-order valence-corrected chi connectivity index (χ4v) is 4.34. The third-order valence-corrected chi connectivity index (χ3v) is 6.53. The Labute approximate surface area is 159 Å². The molecular weight excluding hydrogens is 368 g/mol. The highest BCUT2D eigenvalue weighted by atomic mass is 32.2. The molecule has 7 nitrogen and oxygen atoms in total. The molecule has 146 valence electrons. The quantitative estimate of drug-likeness (QED) is 0.782. The first kappa shape index (κ1) is 19.4. The minimum atomic E-state index is -3.85. The van der Waals surface area contributed by atoms with Gasteiger partial charge in [-0.15, -0.1) is 0 Å². The van der Waals surface area contributed by atoms with Crippen LogP contribution in [0.2, 0.25) is 0 Å². The molecule has 0 radical (unpaired) electrons. The number of nitrogens with one attached hydrogen (secondary N) is 1. The van der Waals surface area contributed by atoms with Crippen LogP contribution in [-0.2, 0) is 21.4 Å². The summed E-state index contributed by atoms with van der Waals surface area (Å²) >= 11 is 0. The number of methoxy groups -OCH3 is 1. The Morgan fingerprint density at radius 1 is 1.33 bits per heavy atom. The van der Waals surface area contributed by atoms with Gasteiger partial charge in [-0.2, -0.15) is 4.31 Å². The van der Waals surface area contributed by atoms with E-state index in [9.17, 15) is 13.2 Å². The molecule has 1 heterocycles. The summed E-state index contributed by atoms with van der Waals surface area (Å²) in [5.74, 6) is 2.49. The van der Waals surface area contributed by atoms with E-state index in [4.69, 9.17) is 9.15 Å². The number of carbonyl (C=O) groups is 1. The zero-order chi connectivity index (χ0) is 19.8. The summed E-state index contributed by atoms with van der Waals surface area (Å²) in [5.41, 5.74) is 0.387. The Hall–Kier alpha value is -2.32. The monoisotopic (exact) mass is 392 g/mol. The van der Waals surface area contributed by atoms with Gasteiger partial charge in [0.1, 0.15) is 22.2 Å². The van der Waals surface area contributed by atoms with E-state index < -0.39 is 10.0 Å². The molecule has 3 rings (SSSR count). The minimum absolute atomic E-state index is 0.0126. The Balaban J connectivity index is 1.83. The normalized spacial score (nSPS) is 19.1. The van der Waals surface area contributed by atoms with Crippen molar-refractivity contribution >= 4 is 21.6 Å². The van der Waals surface area contributed by atoms with Gasteiger partial charge in [0.05, 0.1) is 13.7 Å². The number of ether oxygens (including phenoxy) is 1. The number of anilines is 1. The summed E-state index contributed by atoms with van der Waals surface area (Å²) in [4.78, 5) is 11.3. The molecule has 1 saturated carbocycles. The summed E-state index contributed by atoms with van der Waals surface area (Å²) in [6.45, 7) is 3.63. The van der Waals surface area contributed by atoms with Crippen LogP contribution in [0.3, 0.4) is 0 Å². The zero-order valence-electron chi connectivity index (χ0n) is 15.9. The van der Waals surface area contributed by atoms with Crippen molar-refractivity contribution in [2.45, 2.75) is 37.6 Å². The zero-order valence-corrected chi connectivity index (χ0v) is 16.7. The van der Waals surface area contributed by atoms with E-state index in [-0.39, 0.29) is 23.1 Å². The van der Waals surface area contributed by atoms with Crippen LogP contribution in [0.25, 0.3) is 0 Å². The molecule has 27 heavy (non-hydrogen) atoms. The van der Waals surface area contributed by atoms with Crippen LogP contribution >= 0.6 is 0 Å². The van der Waals surface area contributed by atoms with E-state index in [0.29, 0.717) is 23.3 Å². The van der Waals surface area contributed by atoms with E-state index >= 15 is 0 Å².